The number of nitrogens with zero attached hydrogens (tertiary/aromatic N) is 1. The van der Waals surface area contributed by atoms with Gasteiger partial charge in [0.1, 0.15) is 0 Å². The fourth-order valence-corrected chi connectivity index (χ4v) is 0. The Morgan fingerprint density at radius 2 is 0.889 bits per heavy atom. The normalized spacial score (nSPS) is 2.67. The van der Waals surface area contributed by atoms with E-state index in [9.17, 15) is 0 Å². The summed E-state index contributed by atoms with van der Waals surface area (Å²) in [5.74, 6) is 0. The predicted octanol–water partition coefficient (Wildman–Crippen LogP) is -3.54. The minimum Gasteiger partial charge on any atom is -0.412 e. The van der Waals surface area contributed by atoms with Gasteiger partial charge in [-0.2, -0.15) is 0 Å². The summed E-state index contributed by atoms with van der Waals surface area (Å²) in [6.07, 6.45) is 0. The first-order valence-corrected chi connectivity index (χ1v) is 0.548. The summed E-state index contributed by atoms with van der Waals surface area (Å²) in [4.78, 5) is 8.25. The largest absolute Gasteiger partial charge is 0.412 e. The molecule has 8 nitrogen and oxygen atoms in total. The van der Waals surface area contributed by atoms with Gasteiger partial charge in [-0.15, -0.1) is 0 Å². The third kappa shape index (κ3) is 14800. The second-order valence-corrected chi connectivity index (χ2v) is 0.224. The Labute approximate surface area is 75.1 Å². The summed E-state index contributed by atoms with van der Waals surface area (Å²) in [6, 6.07) is 0. The van der Waals surface area contributed by atoms with Crippen molar-refractivity contribution in [1.82, 2.24) is 0 Å². The summed E-state index contributed by atoms with van der Waals surface area (Å²) < 4.78 is 0. The van der Waals surface area contributed by atoms with Gasteiger partial charge in [0.25, 0.3) is 0 Å². The molecular formula is H8NO7Y-. The number of hydrogen-bond donors (Lipinski definition) is 0. The Balaban J connectivity index is -0.00000000450. The van der Waals surface area contributed by atoms with Gasteiger partial charge in [0, 0.05) is 32.7 Å². The Kier molecular flexibility index (Phi) is 287. The maximum atomic E-state index is 8.25. The molecule has 0 aromatic carbocycles. The quantitative estimate of drug-likeness (QED) is 0.303. The van der Waals surface area contributed by atoms with Crippen LogP contribution in [0.15, 0.2) is 0 Å². The van der Waals surface area contributed by atoms with Crippen molar-refractivity contribution < 1.29 is 59.7 Å². The SMILES string of the molecule is O.O.O.O.O=[N+]([O-])[O-].[Y]. The zero-order valence-electron chi connectivity index (χ0n) is 4.25. The van der Waals surface area contributed by atoms with Crippen LogP contribution >= 0.6 is 0 Å². The van der Waals surface area contributed by atoms with Gasteiger partial charge < -0.3 is 37.2 Å². The van der Waals surface area contributed by atoms with Crippen LogP contribution in [0, 0.1) is 15.3 Å². The summed E-state index contributed by atoms with van der Waals surface area (Å²) >= 11 is 0. The molecule has 0 amide bonds. The molecule has 0 saturated heterocycles. The van der Waals surface area contributed by atoms with Crippen LogP contribution in [-0.2, 0) is 32.7 Å². The molecule has 0 saturated carbocycles. The van der Waals surface area contributed by atoms with Crippen LogP contribution in [0.2, 0.25) is 0 Å². The Bertz CT molecular complexity index is 31.9. The van der Waals surface area contributed by atoms with Gasteiger partial charge in [0.15, 0.2) is 0 Å². The Morgan fingerprint density at radius 1 is 0.889 bits per heavy atom. The van der Waals surface area contributed by atoms with Crippen LogP contribution in [0.4, 0.5) is 0 Å². The Morgan fingerprint density at radius 3 is 0.889 bits per heavy atom. The van der Waals surface area contributed by atoms with E-state index in [1.165, 1.54) is 0 Å². The van der Waals surface area contributed by atoms with E-state index >= 15 is 0 Å². The molecule has 1 radical (unpaired) electrons. The monoisotopic (exact) mass is 223 g/mol. The molecule has 0 atom stereocenters. The average molecular weight is 223 g/mol. The topological polar surface area (TPSA) is 192 Å². The maximum Gasteiger partial charge on any atom is 0.0689 e. The first-order valence-electron chi connectivity index (χ1n) is 0.548. The summed E-state index contributed by atoms with van der Waals surface area (Å²) in [5, 5.41) is 14.8. The molecule has 0 fully saturated rings. The summed E-state index contributed by atoms with van der Waals surface area (Å²) in [5.41, 5.74) is 0. The van der Waals surface area contributed by atoms with Crippen molar-refractivity contribution in [1.29, 1.82) is 0 Å². The van der Waals surface area contributed by atoms with Crippen LogP contribution in [0.3, 0.4) is 0 Å². The van der Waals surface area contributed by atoms with Crippen molar-refractivity contribution in [2.45, 2.75) is 0 Å². The van der Waals surface area contributed by atoms with Gasteiger partial charge in [0.05, 0.1) is 5.09 Å². The van der Waals surface area contributed by atoms with Crippen LogP contribution in [-0.4, -0.2) is 27.0 Å². The van der Waals surface area contributed by atoms with Gasteiger partial charge >= 0.3 is 0 Å². The van der Waals surface area contributed by atoms with Crippen molar-refractivity contribution in [3.63, 3.8) is 0 Å². The molecule has 0 aliphatic heterocycles. The van der Waals surface area contributed by atoms with Crippen molar-refractivity contribution >= 4 is 0 Å². The zero-order chi connectivity index (χ0) is 3.58. The standard InChI is InChI=1S/NO3.4H2O.Y/c2-1(3)4;;;;;/h;4*1H2;/q-1;;;;;. The fourth-order valence-electron chi connectivity index (χ4n) is 0. The van der Waals surface area contributed by atoms with Crippen LogP contribution < -0.4 is 0 Å². The Hall–Kier alpha value is 0.144. The molecular weight excluding hydrogens is 215 g/mol. The molecule has 0 bridgehead atoms. The summed E-state index contributed by atoms with van der Waals surface area (Å²) in [7, 11) is 0. The summed E-state index contributed by atoms with van der Waals surface area (Å²) in [6.45, 7) is 0. The van der Waals surface area contributed by atoms with Gasteiger partial charge in [0.2, 0.25) is 0 Å². The van der Waals surface area contributed by atoms with E-state index in [1.807, 2.05) is 0 Å². The molecule has 0 aromatic rings. The van der Waals surface area contributed by atoms with Gasteiger partial charge in [-0.1, -0.05) is 0 Å². The van der Waals surface area contributed by atoms with E-state index in [2.05, 4.69) is 0 Å². The minimum absolute atomic E-state index is 0. The van der Waals surface area contributed by atoms with E-state index in [0.29, 0.717) is 0 Å². The first-order chi connectivity index (χ1) is 1.73. The van der Waals surface area contributed by atoms with Crippen molar-refractivity contribution in [2.75, 3.05) is 0 Å². The molecule has 8 N–H and O–H groups in total. The smallest absolute Gasteiger partial charge is 0.0689 e. The first kappa shape index (κ1) is 61.4. The molecule has 0 heterocycles. The van der Waals surface area contributed by atoms with Gasteiger partial charge in [-0.05, 0) is 0 Å². The minimum atomic E-state index is -1.75. The van der Waals surface area contributed by atoms with Crippen LogP contribution in [0.1, 0.15) is 0 Å². The van der Waals surface area contributed by atoms with E-state index in [0.717, 1.165) is 0 Å². The average Bonchev–Trinajstić information content (AvgIpc) is 0.811. The zero-order valence-corrected chi connectivity index (χ0v) is 7.09. The van der Waals surface area contributed by atoms with Crippen LogP contribution in [0.25, 0.3) is 0 Å². The molecule has 0 spiro atoms. The molecule has 9 heavy (non-hydrogen) atoms. The van der Waals surface area contributed by atoms with Crippen molar-refractivity contribution in [3.05, 3.63) is 15.3 Å². The molecule has 0 aromatic heterocycles. The second-order valence-electron chi connectivity index (χ2n) is 0.224. The van der Waals surface area contributed by atoms with E-state index < -0.39 is 5.09 Å². The second kappa shape index (κ2) is 42.1. The number of rotatable bonds is 0. The third-order valence-corrected chi connectivity index (χ3v) is 0. The molecule has 9 heteroatoms. The number of hydrogen-bond acceptors (Lipinski definition) is 3. The van der Waals surface area contributed by atoms with E-state index in [-0.39, 0.29) is 54.6 Å². The van der Waals surface area contributed by atoms with E-state index in [4.69, 9.17) is 15.3 Å². The fraction of sp³-hybridized carbons (Fsp3) is 0. The van der Waals surface area contributed by atoms with Crippen molar-refractivity contribution in [2.24, 2.45) is 0 Å². The molecule has 0 rings (SSSR count). The molecule has 0 unspecified atom stereocenters. The van der Waals surface area contributed by atoms with Gasteiger partial charge in [-0.25, -0.2) is 0 Å². The third-order valence-electron chi connectivity index (χ3n) is 0. The van der Waals surface area contributed by atoms with Crippen molar-refractivity contribution in [3.8, 4) is 0 Å². The maximum absolute atomic E-state index is 8.25. The molecule has 59 valence electrons. The molecule has 0 aliphatic carbocycles. The van der Waals surface area contributed by atoms with E-state index in [1.54, 1.807) is 0 Å². The van der Waals surface area contributed by atoms with Gasteiger partial charge in [-0.3, -0.25) is 0 Å². The van der Waals surface area contributed by atoms with Crippen LogP contribution in [0.5, 0.6) is 0 Å². The predicted molar refractivity (Wildman–Crippen MR) is 24.8 cm³/mol. The molecule has 0 aliphatic rings.